The third-order valence-electron chi connectivity index (χ3n) is 0. The maximum absolute atomic E-state index is 9.05. The molecule has 0 aromatic carbocycles. The SMILES string of the molecule is O=S(=O)(O)S.[NaH].[TeH2]. The van der Waals surface area contributed by atoms with Crippen molar-refractivity contribution in [1.82, 2.24) is 0 Å². The van der Waals surface area contributed by atoms with E-state index in [9.17, 15) is 0 Å². The second kappa shape index (κ2) is 6.17. The summed E-state index contributed by atoms with van der Waals surface area (Å²) < 4.78 is 25.5. The zero-order valence-electron chi connectivity index (χ0n) is 2.62. The summed E-state index contributed by atoms with van der Waals surface area (Å²) in [5.74, 6) is 0. The van der Waals surface area contributed by atoms with Gasteiger partial charge in [0.2, 0.25) is 0 Å². The quantitative estimate of drug-likeness (QED) is 0.235. The van der Waals surface area contributed by atoms with Crippen LogP contribution in [0.4, 0.5) is 0 Å². The molecule has 0 aromatic rings. The van der Waals surface area contributed by atoms with Gasteiger partial charge in [-0.15, -0.1) is 0 Å². The van der Waals surface area contributed by atoms with Crippen LogP contribution in [-0.2, 0) is 9.15 Å². The van der Waals surface area contributed by atoms with Crippen LogP contribution in [0.2, 0.25) is 0 Å². The Morgan fingerprint density at radius 3 is 1.43 bits per heavy atom. The van der Waals surface area contributed by atoms with E-state index in [1.807, 2.05) is 0 Å². The summed E-state index contributed by atoms with van der Waals surface area (Å²) in [6.07, 6.45) is 0. The first-order valence-corrected chi connectivity index (χ1v) is 3.19. The van der Waals surface area contributed by atoms with E-state index in [0.717, 1.165) is 0 Å². The van der Waals surface area contributed by atoms with Gasteiger partial charge in [0.05, 0.1) is 0 Å². The van der Waals surface area contributed by atoms with Crippen LogP contribution in [0.1, 0.15) is 0 Å². The van der Waals surface area contributed by atoms with Gasteiger partial charge in [-0.1, -0.05) is 0 Å². The Bertz CT molecular complexity index is 96.1. The van der Waals surface area contributed by atoms with Crippen molar-refractivity contribution in [2.75, 3.05) is 0 Å². The fourth-order valence-corrected chi connectivity index (χ4v) is 0. The summed E-state index contributed by atoms with van der Waals surface area (Å²) >= 11 is 2.65. The zero-order valence-corrected chi connectivity index (χ0v) is 7.18. The van der Waals surface area contributed by atoms with E-state index >= 15 is 0 Å². The Morgan fingerprint density at radius 2 is 1.43 bits per heavy atom. The molecular weight excluding hydrogens is 263 g/mol. The van der Waals surface area contributed by atoms with Crippen molar-refractivity contribution in [3.05, 3.63) is 0 Å². The number of hydrogen-bond donors (Lipinski definition) is 2. The fraction of sp³-hybridized carbons (Fsp3) is 0. The Labute approximate surface area is 85.8 Å². The predicted octanol–water partition coefficient (Wildman–Crippen LogP) is -1.85. The first kappa shape index (κ1) is 16.0. The number of hydrogen-bond acceptors (Lipinski definition) is 2. The van der Waals surface area contributed by atoms with E-state index in [0.29, 0.717) is 0 Å². The first-order chi connectivity index (χ1) is 2.00. The predicted molar refractivity (Wildman–Crippen MR) is 36.2 cm³/mol. The molecule has 1 N–H and O–H groups in total. The van der Waals surface area contributed by atoms with Gasteiger partial charge in [-0.05, 0) is 11.7 Å². The van der Waals surface area contributed by atoms with Crippen molar-refractivity contribution >= 4 is 74.0 Å². The molecule has 7 heavy (non-hydrogen) atoms. The summed E-state index contributed by atoms with van der Waals surface area (Å²) in [6.45, 7) is 0. The van der Waals surface area contributed by atoms with E-state index in [1.165, 1.54) is 0 Å². The molecule has 0 atom stereocenters. The second-order valence-electron chi connectivity index (χ2n) is 0.448. The summed E-state index contributed by atoms with van der Waals surface area (Å²) in [5.41, 5.74) is 0. The molecule has 42 valence electrons. The molecule has 0 amide bonds. The van der Waals surface area contributed by atoms with Crippen molar-refractivity contribution in [3.8, 4) is 0 Å². The van der Waals surface area contributed by atoms with E-state index in [-0.39, 0.29) is 53.2 Å². The molecule has 0 bridgehead atoms. The molecule has 0 aromatic heterocycles. The molecule has 0 fully saturated rings. The average Bonchev–Trinajstić information content (AvgIpc) is 0.722. The molecule has 0 unspecified atom stereocenters. The Kier molecular flexibility index (Phi) is 14.1. The Morgan fingerprint density at radius 1 is 1.43 bits per heavy atom. The summed E-state index contributed by atoms with van der Waals surface area (Å²) in [5, 5.41) is 0. The first-order valence-electron chi connectivity index (χ1n) is 0.698. The van der Waals surface area contributed by atoms with Crippen LogP contribution in [0.15, 0.2) is 0 Å². The van der Waals surface area contributed by atoms with Crippen LogP contribution in [0.5, 0.6) is 0 Å². The fourth-order valence-electron chi connectivity index (χ4n) is 0. The summed E-state index contributed by atoms with van der Waals surface area (Å²) in [7, 11) is -3.97. The third kappa shape index (κ3) is 70.1. The summed E-state index contributed by atoms with van der Waals surface area (Å²) in [4.78, 5) is 0. The van der Waals surface area contributed by atoms with Gasteiger partial charge in [0.25, 0.3) is 0 Å². The van der Waals surface area contributed by atoms with Crippen molar-refractivity contribution in [1.29, 1.82) is 0 Å². The average molecular weight is 268 g/mol. The van der Waals surface area contributed by atoms with Crippen molar-refractivity contribution in [2.45, 2.75) is 0 Å². The molecule has 0 radical (unpaired) electrons. The van der Waals surface area contributed by atoms with E-state index < -0.39 is 9.15 Å². The third-order valence-corrected chi connectivity index (χ3v) is 0. The number of rotatable bonds is 0. The molecule has 0 rings (SSSR count). The van der Waals surface area contributed by atoms with Gasteiger partial charge in [-0.25, -0.2) is 0 Å². The maximum atomic E-state index is 9.05. The molecule has 0 aliphatic heterocycles. The van der Waals surface area contributed by atoms with Gasteiger partial charge in [-0.3, -0.25) is 4.55 Å². The zero-order chi connectivity index (χ0) is 4.50. The van der Waals surface area contributed by atoms with Crippen LogP contribution in [0.25, 0.3) is 0 Å². The van der Waals surface area contributed by atoms with Crippen LogP contribution in [0, 0.1) is 0 Å². The Hall–Kier alpha value is 2.05. The van der Waals surface area contributed by atoms with Crippen molar-refractivity contribution < 1.29 is 13.0 Å². The summed E-state index contributed by atoms with van der Waals surface area (Å²) in [6, 6.07) is 0. The standard InChI is InChI=1S/Na.H2O3S2.H2Te.H/c;1-5(2,3)4;;/h;(H2,1,2,3,4);1H2;. The van der Waals surface area contributed by atoms with Crippen LogP contribution < -0.4 is 0 Å². The molecule has 0 heterocycles. The van der Waals surface area contributed by atoms with E-state index in [4.69, 9.17) is 13.0 Å². The van der Waals surface area contributed by atoms with Crippen LogP contribution in [-0.4, -0.2) is 66.2 Å². The van der Waals surface area contributed by atoms with Gasteiger partial charge in [0, 0.05) is 0 Å². The monoisotopic (exact) mass is 270 g/mol. The molecule has 0 saturated heterocycles. The molecule has 0 spiro atoms. The van der Waals surface area contributed by atoms with Crippen molar-refractivity contribution in [2.24, 2.45) is 0 Å². The van der Waals surface area contributed by atoms with Crippen LogP contribution in [0.3, 0.4) is 0 Å². The molecule has 0 aliphatic carbocycles. The minimum atomic E-state index is -3.97. The Balaban J connectivity index is -0.0000000800. The molecule has 0 saturated carbocycles. The van der Waals surface area contributed by atoms with Crippen molar-refractivity contribution in [3.63, 3.8) is 0 Å². The van der Waals surface area contributed by atoms with E-state index in [2.05, 4.69) is 11.7 Å². The normalized spacial score (nSPS) is 8.29. The van der Waals surface area contributed by atoms with Gasteiger partial charge >= 0.3 is 62.4 Å². The van der Waals surface area contributed by atoms with Crippen LogP contribution >= 0.6 is 11.7 Å². The molecule has 0 aliphatic rings. The molecule has 7 heteroatoms. The van der Waals surface area contributed by atoms with Gasteiger partial charge in [-0.2, -0.15) is 8.42 Å². The van der Waals surface area contributed by atoms with E-state index in [1.54, 1.807) is 0 Å². The molecule has 3 nitrogen and oxygen atoms in total. The number of thiol groups is 1. The molecular formula is H5NaO3S2Te. The topological polar surface area (TPSA) is 54.4 Å². The second-order valence-corrected chi connectivity index (χ2v) is 2.73. The van der Waals surface area contributed by atoms with Gasteiger partial charge in [0.1, 0.15) is 0 Å². The van der Waals surface area contributed by atoms with Gasteiger partial charge in [0.15, 0.2) is 0 Å². The minimum absolute atomic E-state index is 0. The van der Waals surface area contributed by atoms with Gasteiger partial charge < -0.3 is 0 Å².